The number of rotatable bonds is 3. The molecule has 5 heteroatoms. The van der Waals surface area contributed by atoms with E-state index in [1.165, 1.54) is 19.4 Å². The molecule has 0 bridgehead atoms. The highest BCUT2D eigenvalue weighted by Gasteiger charge is 2.04. The van der Waals surface area contributed by atoms with E-state index in [4.69, 9.17) is 15.9 Å². The normalized spacial score (nSPS) is 11.7. The van der Waals surface area contributed by atoms with Gasteiger partial charge < -0.3 is 20.7 Å². The van der Waals surface area contributed by atoms with E-state index in [9.17, 15) is 4.79 Å². The standard InChI is InChI=1S/C5H9NO3.C2H5O/c1-9-3-2-4(6)5(7)8;1-2-3/h2-4H,6H2,1H3,(H,7,8);3H,1-2H2/b3-2-;/t4-;/m0./s1. The van der Waals surface area contributed by atoms with Crippen LogP contribution in [0.3, 0.4) is 0 Å². The Morgan fingerprint density at radius 1 is 1.83 bits per heavy atom. The van der Waals surface area contributed by atoms with Gasteiger partial charge in [0, 0.05) is 6.61 Å². The van der Waals surface area contributed by atoms with Gasteiger partial charge in [0.1, 0.15) is 6.04 Å². The van der Waals surface area contributed by atoms with E-state index < -0.39 is 12.0 Å². The van der Waals surface area contributed by atoms with E-state index in [2.05, 4.69) is 11.7 Å². The Balaban J connectivity index is 0. The number of carboxylic acids is 1. The molecule has 5 nitrogen and oxygen atoms in total. The van der Waals surface area contributed by atoms with E-state index >= 15 is 0 Å². The third-order valence-corrected chi connectivity index (χ3v) is 0.707. The summed E-state index contributed by atoms with van der Waals surface area (Å²) in [6, 6.07) is -0.968. The first kappa shape index (κ1) is 13.5. The minimum Gasteiger partial charge on any atom is -0.505 e. The SMILES string of the molecule is CO/C=C\[C@H](N)C(=O)O.[CH2]CO. The van der Waals surface area contributed by atoms with Gasteiger partial charge in [0.2, 0.25) is 0 Å². The van der Waals surface area contributed by atoms with Gasteiger partial charge in [0.25, 0.3) is 0 Å². The highest BCUT2D eigenvalue weighted by Crippen LogP contribution is 1.81. The number of aliphatic hydroxyl groups is 1. The minimum absolute atomic E-state index is 0. The molecule has 71 valence electrons. The number of carbonyl (C=O) groups is 1. The molecule has 0 saturated heterocycles. The van der Waals surface area contributed by atoms with Crippen LogP contribution in [0.15, 0.2) is 12.3 Å². The molecule has 0 heterocycles. The Labute approximate surface area is 71.4 Å². The lowest BCUT2D eigenvalue weighted by Gasteiger charge is -1.95. The second-order valence-corrected chi connectivity index (χ2v) is 1.65. The molecule has 4 N–H and O–H groups in total. The average Bonchev–Trinajstić information content (AvgIpc) is 2.01. The molecule has 0 aliphatic carbocycles. The lowest BCUT2D eigenvalue weighted by molar-refractivity contribution is -0.137. The number of ether oxygens (including phenoxy) is 1. The molecular formula is C7H14NO4. The van der Waals surface area contributed by atoms with Crippen LogP contribution in [0.5, 0.6) is 0 Å². The van der Waals surface area contributed by atoms with Crippen LogP contribution in [0.4, 0.5) is 0 Å². The number of hydrogen-bond donors (Lipinski definition) is 3. The van der Waals surface area contributed by atoms with Crippen LogP contribution in [0.2, 0.25) is 0 Å². The summed E-state index contributed by atoms with van der Waals surface area (Å²) >= 11 is 0. The summed E-state index contributed by atoms with van der Waals surface area (Å²) in [6.45, 7) is 3.04. The molecule has 0 aromatic heterocycles. The molecule has 1 atom stereocenters. The molecule has 0 unspecified atom stereocenters. The van der Waals surface area contributed by atoms with E-state index in [1.54, 1.807) is 0 Å². The van der Waals surface area contributed by atoms with Crippen molar-refractivity contribution in [1.82, 2.24) is 0 Å². The van der Waals surface area contributed by atoms with Crippen molar-refractivity contribution in [2.75, 3.05) is 13.7 Å². The van der Waals surface area contributed by atoms with E-state index in [0.717, 1.165) is 0 Å². The van der Waals surface area contributed by atoms with Crippen LogP contribution in [0.25, 0.3) is 0 Å². The van der Waals surface area contributed by atoms with Gasteiger partial charge in [-0.1, -0.05) is 0 Å². The number of carboxylic acid groups (broad SMARTS) is 1. The Kier molecular flexibility index (Phi) is 11.2. The molecule has 0 aliphatic rings. The van der Waals surface area contributed by atoms with Gasteiger partial charge in [0.05, 0.1) is 13.4 Å². The molecular weight excluding hydrogens is 162 g/mol. The van der Waals surface area contributed by atoms with Gasteiger partial charge in [0.15, 0.2) is 0 Å². The molecule has 0 fully saturated rings. The first-order valence-corrected chi connectivity index (χ1v) is 3.18. The van der Waals surface area contributed by atoms with Crippen molar-refractivity contribution < 1.29 is 19.7 Å². The fourth-order valence-electron chi connectivity index (χ4n) is 0.246. The van der Waals surface area contributed by atoms with Gasteiger partial charge in [-0.3, -0.25) is 4.79 Å². The van der Waals surface area contributed by atoms with Crippen LogP contribution in [-0.4, -0.2) is 35.9 Å². The second-order valence-electron chi connectivity index (χ2n) is 1.65. The van der Waals surface area contributed by atoms with E-state index in [0.29, 0.717) is 0 Å². The molecule has 1 radical (unpaired) electrons. The average molecular weight is 176 g/mol. The summed E-state index contributed by atoms with van der Waals surface area (Å²) in [5.41, 5.74) is 5.04. The fourth-order valence-corrected chi connectivity index (χ4v) is 0.246. The molecule has 12 heavy (non-hydrogen) atoms. The summed E-state index contributed by atoms with van der Waals surface area (Å²) in [7, 11) is 1.42. The largest absolute Gasteiger partial charge is 0.505 e. The maximum Gasteiger partial charge on any atom is 0.324 e. The van der Waals surface area contributed by atoms with Crippen LogP contribution >= 0.6 is 0 Å². The Hall–Kier alpha value is -1.07. The maximum atomic E-state index is 9.97. The Bertz CT molecular complexity index is 135. The number of methoxy groups -OCH3 is 1. The van der Waals surface area contributed by atoms with Crippen LogP contribution < -0.4 is 5.73 Å². The van der Waals surface area contributed by atoms with E-state index in [-0.39, 0.29) is 6.61 Å². The molecule has 0 aromatic rings. The number of nitrogens with two attached hydrogens (primary N) is 1. The van der Waals surface area contributed by atoms with Crippen LogP contribution in [0.1, 0.15) is 0 Å². The fraction of sp³-hybridized carbons (Fsp3) is 0.429. The van der Waals surface area contributed by atoms with Crippen LogP contribution in [-0.2, 0) is 9.53 Å². The Morgan fingerprint density at radius 2 is 2.25 bits per heavy atom. The molecule has 0 aliphatic heterocycles. The van der Waals surface area contributed by atoms with Gasteiger partial charge in [-0.25, -0.2) is 0 Å². The third kappa shape index (κ3) is 11.7. The lowest BCUT2D eigenvalue weighted by atomic mass is 10.3. The smallest absolute Gasteiger partial charge is 0.324 e. The second kappa shape index (κ2) is 9.93. The van der Waals surface area contributed by atoms with Crippen molar-refractivity contribution in [3.8, 4) is 0 Å². The molecule has 0 saturated carbocycles. The summed E-state index contributed by atoms with van der Waals surface area (Å²) < 4.78 is 4.44. The zero-order valence-electron chi connectivity index (χ0n) is 6.93. The third-order valence-electron chi connectivity index (χ3n) is 0.707. The van der Waals surface area contributed by atoms with Gasteiger partial charge in [-0.2, -0.15) is 0 Å². The molecule has 0 aromatic carbocycles. The predicted octanol–water partition coefficient (Wildman–Crippen LogP) is -0.629. The van der Waals surface area contributed by atoms with Crippen molar-refractivity contribution in [2.45, 2.75) is 6.04 Å². The van der Waals surface area contributed by atoms with Crippen molar-refractivity contribution in [3.63, 3.8) is 0 Å². The topological polar surface area (TPSA) is 92.8 Å². The number of hydrogen-bond acceptors (Lipinski definition) is 4. The van der Waals surface area contributed by atoms with Crippen molar-refractivity contribution in [2.24, 2.45) is 5.73 Å². The monoisotopic (exact) mass is 176 g/mol. The minimum atomic E-state index is -1.07. The predicted molar refractivity (Wildman–Crippen MR) is 44.2 cm³/mol. The van der Waals surface area contributed by atoms with Crippen molar-refractivity contribution in [3.05, 3.63) is 19.3 Å². The van der Waals surface area contributed by atoms with Gasteiger partial charge in [-0.15, -0.1) is 0 Å². The summed E-state index contributed by atoms with van der Waals surface area (Å²) in [5.74, 6) is -1.07. The van der Waals surface area contributed by atoms with Crippen molar-refractivity contribution in [1.29, 1.82) is 0 Å². The quantitative estimate of drug-likeness (QED) is 0.498. The zero-order valence-corrected chi connectivity index (χ0v) is 6.93. The summed E-state index contributed by atoms with van der Waals surface area (Å²) in [5, 5.41) is 15.6. The van der Waals surface area contributed by atoms with E-state index in [1.807, 2.05) is 0 Å². The highest BCUT2D eigenvalue weighted by atomic mass is 16.5. The van der Waals surface area contributed by atoms with Crippen LogP contribution in [0, 0.1) is 6.92 Å². The summed E-state index contributed by atoms with van der Waals surface area (Å²) in [6.07, 6.45) is 2.49. The van der Waals surface area contributed by atoms with Gasteiger partial charge >= 0.3 is 5.97 Å². The molecule has 0 rings (SSSR count). The summed E-state index contributed by atoms with van der Waals surface area (Å²) in [4.78, 5) is 9.97. The van der Waals surface area contributed by atoms with Crippen molar-refractivity contribution >= 4 is 5.97 Å². The lowest BCUT2D eigenvalue weighted by Crippen LogP contribution is -2.27. The molecule has 0 amide bonds. The highest BCUT2D eigenvalue weighted by molar-refractivity contribution is 5.75. The van der Waals surface area contributed by atoms with Gasteiger partial charge in [-0.05, 0) is 13.0 Å². The first-order valence-electron chi connectivity index (χ1n) is 3.18. The Morgan fingerprint density at radius 3 is 2.50 bits per heavy atom. The number of aliphatic hydroxyl groups excluding tert-OH is 1. The maximum absolute atomic E-state index is 9.97. The number of aliphatic carboxylic acids is 1. The zero-order chi connectivity index (χ0) is 9.98. The molecule has 0 spiro atoms. The first-order chi connectivity index (χ1) is 5.59.